The summed E-state index contributed by atoms with van der Waals surface area (Å²) >= 11 is 3.35. The highest BCUT2D eigenvalue weighted by Crippen LogP contribution is 2.23. The molecule has 1 heterocycles. The van der Waals surface area contributed by atoms with Crippen LogP contribution in [0.15, 0.2) is 22.7 Å². The minimum atomic E-state index is -0.341. The van der Waals surface area contributed by atoms with Gasteiger partial charge in [0.25, 0.3) is 5.69 Å². The lowest BCUT2D eigenvalue weighted by molar-refractivity contribution is -0.385. The van der Waals surface area contributed by atoms with Gasteiger partial charge in [-0.25, -0.2) is 0 Å². The molecule has 0 aliphatic carbocycles. The van der Waals surface area contributed by atoms with Crippen LogP contribution in [0.5, 0.6) is 0 Å². The molecule has 1 fully saturated rings. The van der Waals surface area contributed by atoms with Crippen molar-refractivity contribution in [1.29, 1.82) is 0 Å². The van der Waals surface area contributed by atoms with Crippen LogP contribution < -0.4 is 5.32 Å². The highest BCUT2D eigenvalue weighted by atomic mass is 79.9. The fourth-order valence-corrected chi connectivity index (χ4v) is 3.24. The van der Waals surface area contributed by atoms with E-state index in [1.807, 2.05) is 6.07 Å². The molecule has 0 spiro atoms. The number of nitro groups is 1. The molecule has 1 N–H and O–H groups in total. The van der Waals surface area contributed by atoms with E-state index in [0.29, 0.717) is 6.04 Å². The zero-order chi connectivity index (χ0) is 14.5. The molecule has 1 aliphatic heterocycles. The van der Waals surface area contributed by atoms with Crippen molar-refractivity contribution in [2.24, 2.45) is 0 Å². The molecule has 0 aromatic heterocycles. The first kappa shape index (κ1) is 15.4. The van der Waals surface area contributed by atoms with Gasteiger partial charge in [0, 0.05) is 35.7 Å². The van der Waals surface area contributed by atoms with E-state index in [1.54, 1.807) is 12.1 Å². The Morgan fingerprint density at radius 3 is 2.90 bits per heavy atom. The van der Waals surface area contributed by atoms with E-state index in [-0.39, 0.29) is 10.6 Å². The molecule has 0 bridgehead atoms. The van der Waals surface area contributed by atoms with Gasteiger partial charge in [0.2, 0.25) is 0 Å². The second-order valence-corrected chi connectivity index (χ2v) is 6.05. The van der Waals surface area contributed by atoms with Gasteiger partial charge >= 0.3 is 0 Å². The van der Waals surface area contributed by atoms with Gasteiger partial charge in [-0.3, -0.25) is 15.0 Å². The van der Waals surface area contributed by atoms with Gasteiger partial charge in [0.05, 0.1) is 4.92 Å². The van der Waals surface area contributed by atoms with Crippen LogP contribution in [0.3, 0.4) is 0 Å². The summed E-state index contributed by atoms with van der Waals surface area (Å²) < 4.78 is 0.763. The molecule has 20 heavy (non-hydrogen) atoms. The Hall–Kier alpha value is -0.980. The van der Waals surface area contributed by atoms with Gasteiger partial charge in [0.15, 0.2) is 0 Å². The van der Waals surface area contributed by atoms with E-state index in [4.69, 9.17) is 0 Å². The van der Waals surface area contributed by atoms with Crippen LogP contribution >= 0.6 is 15.9 Å². The number of nitro benzene ring substituents is 1. The molecule has 0 radical (unpaired) electrons. The predicted molar refractivity (Wildman–Crippen MR) is 82.8 cm³/mol. The smallest absolute Gasteiger partial charge is 0.270 e. The van der Waals surface area contributed by atoms with E-state index in [2.05, 4.69) is 33.1 Å². The summed E-state index contributed by atoms with van der Waals surface area (Å²) in [7, 11) is 0. The summed E-state index contributed by atoms with van der Waals surface area (Å²) in [5.41, 5.74) is 1.13. The average molecular weight is 342 g/mol. The Kier molecular flexibility index (Phi) is 5.51. The second kappa shape index (κ2) is 7.15. The van der Waals surface area contributed by atoms with Crippen LogP contribution in [0.25, 0.3) is 0 Å². The number of hydrogen-bond acceptors (Lipinski definition) is 4. The number of non-ortho nitro benzene ring substituents is 1. The van der Waals surface area contributed by atoms with Crippen molar-refractivity contribution in [3.8, 4) is 0 Å². The number of benzene rings is 1. The lowest BCUT2D eigenvalue weighted by Crippen LogP contribution is -2.45. The van der Waals surface area contributed by atoms with Gasteiger partial charge in [-0.05, 0) is 37.6 Å². The predicted octanol–water partition coefficient (Wildman–Crippen LogP) is 2.93. The third kappa shape index (κ3) is 4.01. The number of nitrogens with zero attached hydrogens (tertiary/aromatic N) is 2. The molecule has 6 heteroatoms. The van der Waals surface area contributed by atoms with Gasteiger partial charge < -0.3 is 5.32 Å². The molecule has 5 nitrogen and oxygen atoms in total. The Labute approximate surface area is 127 Å². The van der Waals surface area contributed by atoms with E-state index in [1.165, 1.54) is 12.8 Å². The van der Waals surface area contributed by atoms with Crippen molar-refractivity contribution in [2.45, 2.75) is 32.4 Å². The second-order valence-electron chi connectivity index (χ2n) is 5.14. The number of likely N-dealkylation sites (N-methyl/N-ethyl adjacent to an activating group) is 1. The van der Waals surface area contributed by atoms with Crippen LogP contribution in [-0.4, -0.2) is 35.5 Å². The summed E-state index contributed by atoms with van der Waals surface area (Å²) in [5.74, 6) is 0. The topological polar surface area (TPSA) is 58.4 Å². The van der Waals surface area contributed by atoms with Crippen molar-refractivity contribution < 1.29 is 4.92 Å². The highest BCUT2D eigenvalue weighted by molar-refractivity contribution is 9.10. The van der Waals surface area contributed by atoms with E-state index < -0.39 is 0 Å². The summed E-state index contributed by atoms with van der Waals surface area (Å²) in [5, 5.41) is 14.3. The number of piperidine rings is 1. The first-order valence-corrected chi connectivity index (χ1v) is 7.78. The third-order valence-electron chi connectivity index (χ3n) is 3.73. The molecule has 0 amide bonds. The number of nitrogens with one attached hydrogen (secondary N) is 1. The van der Waals surface area contributed by atoms with Gasteiger partial charge in [-0.2, -0.15) is 0 Å². The molecule has 1 aliphatic rings. The van der Waals surface area contributed by atoms with Crippen molar-refractivity contribution in [2.75, 3.05) is 19.6 Å². The number of hydrogen-bond donors (Lipinski definition) is 1. The minimum Gasteiger partial charge on any atom is -0.315 e. The Balaban J connectivity index is 2.12. The van der Waals surface area contributed by atoms with Crippen LogP contribution in [-0.2, 0) is 6.54 Å². The van der Waals surface area contributed by atoms with E-state index in [9.17, 15) is 10.1 Å². The number of halogens is 1. The zero-order valence-corrected chi connectivity index (χ0v) is 13.2. The van der Waals surface area contributed by atoms with Crippen LogP contribution in [0.1, 0.15) is 25.3 Å². The van der Waals surface area contributed by atoms with E-state index >= 15 is 0 Å². The maximum atomic E-state index is 10.9. The standard InChI is InChI=1S/C14H20BrN3O2/c1-2-17(13-4-3-5-16-9-13)10-11-6-12(15)8-14(7-11)18(19)20/h6-8,13,16H,2-5,9-10H2,1H3. The van der Waals surface area contributed by atoms with Crippen molar-refractivity contribution in [1.82, 2.24) is 10.2 Å². The zero-order valence-electron chi connectivity index (χ0n) is 11.6. The van der Waals surface area contributed by atoms with Crippen molar-refractivity contribution >= 4 is 21.6 Å². The molecular weight excluding hydrogens is 322 g/mol. The molecule has 0 saturated carbocycles. The first-order valence-electron chi connectivity index (χ1n) is 6.98. The van der Waals surface area contributed by atoms with Crippen molar-refractivity contribution in [3.05, 3.63) is 38.3 Å². The van der Waals surface area contributed by atoms with Gasteiger partial charge in [-0.1, -0.05) is 22.9 Å². The SMILES string of the molecule is CCN(Cc1cc(Br)cc([N+](=O)[O-])c1)C1CCCNC1. The molecule has 1 unspecified atom stereocenters. The molecule has 1 atom stereocenters. The largest absolute Gasteiger partial charge is 0.315 e. The molecule has 110 valence electrons. The minimum absolute atomic E-state index is 0.146. The summed E-state index contributed by atoms with van der Waals surface area (Å²) in [4.78, 5) is 13.0. The summed E-state index contributed by atoms with van der Waals surface area (Å²) in [6.07, 6.45) is 2.39. The maximum absolute atomic E-state index is 10.9. The monoisotopic (exact) mass is 341 g/mol. The third-order valence-corrected chi connectivity index (χ3v) is 4.19. The Morgan fingerprint density at radius 1 is 1.50 bits per heavy atom. The van der Waals surface area contributed by atoms with Gasteiger partial charge in [0.1, 0.15) is 0 Å². The molecular formula is C14H20BrN3O2. The quantitative estimate of drug-likeness (QED) is 0.660. The van der Waals surface area contributed by atoms with E-state index in [0.717, 1.165) is 36.2 Å². The molecule has 1 saturated heterocycles. The fourth-order valence-electron chi connectivity index (χ4n) is 2.71. The lowest BCUT2D eigenvalue weighted by atomic mass is 10.0. The lowest BCUT2D eigenvalue weighted by Gasteiger charge is -2.34. The molecule has 1 aromatic carbocycles. The normalized spacial score (nSPS) is 19.2. The average Bonchev–Trinajstić information content (AvgIpc) is 2.45. The van der Waals surface area contributed by atoms with Gasteiger partial charge in [-0.15, -0.1) is 0 Å². The maximum Gasteiger partial charge on any atom is 0.270 e. The Bertz CT molecular complexity index is 475. The highest BCUT2D eigenvalue weighted by Gasteiger charge is 2.20. The van der Waals surface area contributed by atoms with Crippen LogP contribution in [0, 0.1) is 10.1 Å². The van der Waals surface area contributed by atoms with Crippen molar-refractivity contribution in [3.63, 3.8) is 0 Å². The summed E-state index contributed by atoms with van der Waals surface area (Å²) in [6.45, 7) is 5.94. The van der Waals surface area contributed by atoms with Crippen LogP contribution in [0.2, 0.25) is 0 Å². The Morgan fingerprint density at radius 2 is 2.30 bits per heavy atom. The fraction of sp³-hybridized carbons (Fsp3) is 0.571. The summed E-state index contributed by atoms with van der Waals surface area (Å²) in [6, 6.07) is 5.70. The first-order chi connectivity index (χ1) is 9.60. The van der Waals surface area contributed by atoms with Crippen LogP contribution in [0.4, 0.5) is 5.69 Å². The molecule has 2 rings (SSSR count). The number of rotatable bonds is 5. The molecule has 1 aromatic rings.